The molecule has 0 aromatic heterocycles. The van der Waals surface area contributed by atoms with Crippen LogP contribution < -0.4 is 5.32 Å². The lowest BCUT2D eigenvalue weighted by Crippen LogP contribution is -2.13. The third kappa shape index (κ3) is 2.35. The standard InChI is InChI=1S/C9H6BrF2NO3/c1-3(14)13-5-2-4(11)7(10)8(12)6(5)9(15)16/h2H,1H3,(H,13,14)(H,15,16). The summed E-state index contributed by atoms with van der Waals surface area (Å²) in [6, 6.07) is 0.734. The lowest BCUT2D eigenvalue weighted by Gasteiger charge is -2.09. The number of carboxylic acids is 1. The van der Waals surface area contributed by atoms with Crippen molar-refractivity contribution in [2.24, 2.45) is 0 Å². The third-order valence-corrected chi connectivity index (χ3v) is 2.41. The summed E-state index contributed by atoms with van der Waals surface area (Å²) < 4.78 is 25.9. The van der Waals surface area contributed by atoms with Gasteiger partial charge in [-0.25, -0.2) is 13.6 Å². The Balaban J connectivity index is 3.46. The van der Waals surface area contributed by atoms with Gasteiger partial charge < -0.3 is 10.4 Å². The van der Waals surface area contributed by atoms with E-state index in [1.807, 2.05) is 5.32 Å². The summed E-state index contributed by atoms with van der Waals surface area (Å²) in [5.41, 5.74) is -1.21. The van der Waals surface area contributed by atoms with Crippen LogP contribution in [0.25, 0.3) is 0 Å². The van der Waals surface area contributed by atoms with E-state index in [1.54, 1.807) is 0 Å². The van der Waals surface area contributed by atoms with E-state index in [0.29, 0.717) is 0 Å². The van der Waals surface area contributed by atoms with Crippen LogP contribution in [0.4, 0.5) is 14.5 Å². The third-order valence-electron chi connectivity index (χ3n) is 1.69. The molecule has 0 aliphatic carbocycles. The van der Waals surface area contributed by atoms with Crippen molar-refractivity contribution in [1.29, 1.82) is 0 Å². The smallest absolute Gasteiger partial charge is 0.340 e. The quantitative estimate of drug-likeness (QED) is 0.823. The van der Waals surface area contributed by atoms with Gasteiger partial charge in [0, 0.05) is 6.92 Å². The van der Waals surface area contributed by atoms with Crippen molar-refractivity contribution < 1.29 is 23.5 Å². The van der Waals surface area contributed by atoms with Crippen molar-refractivity contribution in [2.75, 3.05) is 5.32 Å². The molecule has 0 radical (unpaired) electrons. The fourth-order valence-electron chi connectivity index (χ4n) is 1.09. The zero-order chi connectivity index (χ0) is 12.5. The molecule has 0 saturated carbocycles. The first-order valence-electron chi connectivity index (χ1n) is 4.03. The van der Waals surface area contributed by atoms with Gasteiger partial charge in [-0.2, -0.15) is 0 Å². The molecule has 16 heavy (non-hydrogen) atoms. The van der Waals surface area contributed by atoms with Crippen molar-refractivity contribution in [3.8, 4) is 0 Å². The van der Waals surface area contributed by atoms with E-state index in [0.717, 1.165) is 13.0 Å². The zero-order valence-electron chi connectivity index (χ0n) is 7.97. The average Bonchev–Trinajstić information content (AvgIpc) is 2.12. The maximum Gasteiger partial charge on any atom is 0.340 e. The molecule has 4 nitrogen and oxygen atoms in total. The Bertz CT molecular complexity index is 476. The van der Waals surface area contributed by atoms with Gasteiger partial charge in [0.1, 0.15) is 11.4 Å². The Morgan fingerprint density at radius 2 is 2.00 bits per heavy atom. The minimum Gasteiger partial charge on any atom is -0.478 e. The summed E-state index contributed by atoms with van der Waals surface area (Å²) in [7, 11) is 0. The maximum atomic E-state index is 13.4. The largest absolute Gasteiger partial charge is 0.478 e. The second-order valence-corrected chi connectivity index (χ2v) is 3.69. The molecule has 0 bridgehead atoms. The van der Waals surface area contributed by atoms with Gasteiger partial charge >= 0.3 is 5.97 Å². The molecule has 0 spiro atoms. The Morgan fingerprint density at radius 3 is 2.44 bits per heavy atom. The van der Waals surface area contributed by atoms with Gasteiger partial charge in [-0.15, -0.1) is 0 Å². The van der Waals surface area contributed by atoms with Crippen LogP contribution in [0.3, 0.4) is 0 Å². The molecule has 0 atom stereocenters. The molecule has 0 aliphatic rings. The number of hydrogen-bond acceptors (Lipinski definition) is 2. The fourth-order valence-corrected chi connectivity index (χ4v) is 1.41. The molecule has 0 saturated heterocycles. The van der Waals surface area contributed by atoms with Crippen molar-refractivity contribution in [2.45, 2.75) is 6.92 Å². The molecule has 1 aromatic rings. The summed E-state index contributed by atoms with van der Waals surface area (Å²) in [6.07, 6.45) is 0. The van der Waals surface area contributed by atoms with Gasteiger partial charge in [0.2, 0.25) is 5.91 Å². The molecule has 1 aromatic carbocycles. The lowest BCUT2D eigenvalue weighted by molar-refractivity contribution is -0.114. The number of anilines is 1. The van der Waals surface area contributed by atoms with Crippen LogP contribution in [-0.2, 0) is 4.79 Å². The molecule has 0 aliphatic heterocycles. The highest BCUT2D eigenvalue weighted by molar-refractivity contribution is 9.10. The van der Waals surface area contributed by atoms with Crippen molar-refractivity contribution in [3.05, 3.63) is 27.7 Å². The number of hydrogen-bond donors (Lipinski definition) is 2. The van der Waals surface area contributed by atoms with Crippen LogP contribution in [0.1, 0.15) is 17.3 Å². The van der Waals surface area contributed by atoms with Crippen LogP contribution in [0, 0.1) is 11.6 Å². The molecule has 0 fully saturated rings. The van der Waals surface area contributed by atoms with Crippen LogP contribution in [-0.4, -0.2) is 17.0 Å². The first-order chi connectivity index (χ1) is 7.34. The molecule has 0 unspecified atom stereocenters. The highest BCUT2D eigenvalue weighted by Gasteiger charge is 2.22. The van der Waals surface area contributed by atoms with E-state index >= 15 is 0 Å². The molecular formula is C9H6BrF2NO3. The SMILES string of the molecule is CC(=O)Nc1cc(F)c(Br)c(F)c1C(=O)O. The first kappa shape index (κ1) is 12.6. The van der Waals surface area contributed by atoms with E-state index in [4.69, 9.17) is 5.11 Å². The average molecular weight is 294 g/mol. The van der Waals surface area contributed by atoms with E-state index in [-0.39, 0.29) is 0 Å². The highest BCUT2D eigenvalue weighted by Crippen LogP contribution is 2.29. The molecule has 0 heterocycles. The van der Waals surface area contributed by atoms with E-state index in [9.17, 15) is 18.4 Å². The molecule has 7 heteroatoms. The van der Waals surface area contributed by atoms with Crippen LogP contribution >= 0.6 is 15.9 Å². The second kappa shape index (κ2) is 4.56. The molecule has 1 amide bonds. The number of nitrogens with one attached hydrogen (secondary N) is 1. The van der Waals surface area contributed by atoms with Gasteiger partial charge in [-0.1, -0.05) is 0 Å². The highest BCUT2D eigenvalue weighted by atomic mass is 79.9. The van der Waals surface area contributed by atoms with Crippen molar-refractivity contribution in [3.63, 3.8) is 0 Å². The zero-order valence-corrected chi connectivity index (χ0v) is 9.56. The first-order valence-corrected chi connectivity index (χ1v) is 4.82. The molecule has 86 valence electrons. The fraction of sp³-hybridized carbons (Fsp3) is 0.111. The Morgan fingerprint density at radius 1 is 1.44 bits per heavy atom. The number of carboxylic acid groups (broad SMARTS) is 1. The van der Waals surface area contributed by atoms with Gasteiger partial charge in [-0.3, -0.25) is 4.79 Å². The predicted octanol–water partition coefficient (Wildman–Crippen LogP) is 2.38. The number of rotatable bonds is 2. The summed E-state index contributed by atoms with van der Waals surface area (Å²) >= 11 is 2.57. The number of amides is 1. The Kier molecular flexibility index (Phi) is 3.58. The van der Waals surface area contributed by atoms with Crippen LogP contribution in [0.15, 0.2) is 10.5 Å². The van der Waals surface area contributed by atoms with E-state index in [2.05, 4.69) is 15.9 Å². The van der Waals surface area contributed by atoms with Gasteiger partial charge in [0.05, 0.1) is 10.2 Å². The van der Waals surface area contributed by atoms with Gasteiger partial charge in [-0.05, 0) is 22.0 Å². The van der Waals surface area contributed by atoms with Crippen LogP contribution in [0.5, 0.6) is 0 Å². The predicted molar refractivity (Wildman–Crippen MR) is 55.3 cm³/mol. The topological polar surface area (TPSA) is 66.4 Å². The summed E-state index contributed by atoms with van der Waals surface area (Å²) in [4.78, 5) is 21.5. The molecule has 2 N–H and O–H groups in total. The molecule has 1 rings (SSSR count). The second-order valence-electron chi connectivity index (χ2n) is 2.90. The van der Waals surface area contributed by atoms with E-state index in [1.165, 1.54) is 0 Å². The Hall–Kier alpha value is -1.50. The van der Waals surface area contributed by atoms with Crippen LogP contribution in [0.2, 0.25) is 0 Å². The monoisotopic (exact) mass is 293 g/mol. The normalized spacial score (nSPS) is 10.0. The summed E-state index contributed by atoms with van der Waals surface area (Å²) in [5, 5.41) is 10.8. The van der Waals surface area contributed by atoms with Crippen molar-refractivity contribution in [1.82, 2.24) is 0 Å². The number of carbonyl (C=O) groups is 2. The van der Waals surface area contributed by atoms with Gasteiger partial charge in [0.15, 0.2) is 5.82 Å². The maximum absolute atomic E-state index is 13.4. The van der Waals surface area contributed by atoms with Gasteiger partial charge in [0.25, 0.3) is 0 Å². The number of carbonyl (C=O) groups excluding carboxylic acids is 1. The summed E-state index contributed by atoms with van der Waals surface area (Å²) in [5.74, 6) is -4.48. The lowest BCUT2D eigenvalue weighted by atomic mass is 10.1. The van der Waals surface area contributed by atoms with Crippen molar-refractivity contribution >= 4 is 33.5 Å². The molecular weight excluding hydrogens is 288 g/mol. The minimum atomic E-state index is -1.60. The van der Waals surface area contributed by atoms with E-state index < -0.39 is 39.2 Å². The summed E-state index contributed by atoms with van der Waals surface area (Å²) in [6.45, 7) is 1.10. The number of aromatic carboxylic acids is 1. The number of halogens is 3. The number of benzene rings is 1. The Labute approximate surface area is 97.4 Å². The minimum absolute atomic E-state index is 0.418.